The second-order valence-electron chi connectivity index (χ2n) is 5.92. The Morgan fingerprint density at radius 2 is 1.86 bits per heavy atom. The summed E-state index contributed by atoms with van der Waals surface area (Å²) >= 11 is 0. The van der Waals surface area contributed by atoms with Crippen LogP contribution in [-0.4, -0.2) is 22.6 Å². The van der Waals surface area contributed by atoms with Crippen LogP contribution < -0.4 is 0 Å². The fourth-order valence-corrected chi connectivity index (χ4v) is 2.56. The normalized spacial score (nSPS) is 18.8. The van der Waals surface area contributed by atoms with Gasteiger partial charge in [-0.1, -0.05) is 30.3 Å². The van der Waals surface area contributed by atoms with Crippen molar-refractivity contribution in [2.45, 2.75) is 25.7 Å². The maximum Gasteiger partial charge on any atom is 0.270 e. The van der Waals surface area contributed by atoms with Crippen LogP contribution in [0.5, 0.6) is 0 Å². The van der Waals surface area contributed by atoms with Crippen molar-refractivity contribution in [2.24, 2.45) is 5.92 Å². The van der Waals surface area contributed by atoms with E-state index in [-0.39, 0.29) is 22.6 Å². The van der Waals surface area contributed by atoms with Crippen LogP contribution in [0.15, 0.2) is 47.7 Å². The molecule has 2 aliphatic rings. The van der Waals surface area contributed by atoms with Crippen molar-refractivity contribution in [1.29, 1.82) is 0 Å². The molecule has 22 heavy (non-hydrogen) atoms. The molecule has 0 saturated heterocycles. The highest BCUT2D eigenvalue weighted by Gasteiger charge is 2.30. The Morgan fingerprint density at radius 3 is 2.36 bits per heavy atom. The molecule has 0 aromatic heterocycles. The van der Waals surface area contributed by atoms with E-state index in [1.54, 1.807) is 6.08 Å². The molecule has 116 valence electrons. The van der Waals surface area contributed by atoms with E-state index in [0.29, 0.717) is 12.5 Å². The average molecular weight is 305 g/mol. The van der Waals surface area contributed by atoms with Gasteiger partial charge in [-0.15, -0.1) is 0 Å². The number of carbonyl (C=O) groups excluding carboxylic acids is 1. The van der Waals surface area contributed by atoms with Crippen molar-refractivity contribution in [3.8, 4) is 0 Å². The van der Waals surface area contributed by atoms with Gasteiger partial charge in [0.05, 0.1) is 6.54 Å². The quantitative estimate of drug-likeness (QED) is 0.858. The van der Waals surface area contributed by atoms with Crippen molar-refractivity contribution in [2.75, 3.05) is 6.54 Å². The van der Waals surface area contributed by atoms with Gasteiger partial charge in [-0.3, -0.25) is 10.0 Å². The fourth-order valence-electron chi connectivity index (χ4n) is 2.56. The number of hydrogen-bond donors (Lipinski definition) is 1. The number of Topliss-reactive ketones (excluding diaryl/α,β-unsaturated/α-hetero) is 1. The molecule has 0 bridgehead atoms. The van der Waals surface area contributed by atoms with Crippen LogP contribution in [0, 0.1) is 5.92 Å². The first-order valence-corrected chi connectivity index (χ1v) is 7.26. The summed E-state index contributed by atoms with van der Waals surface area (Å²) in [4.78, 5) is 12.4. The van der Waals surface area contributed by atoms with Crippen LogP contribution in [0.4, 0.5) is 8.78 Å². The second-order valence-corrected chi connectivity index (χ2v) is 5.92. The summed E-state index contributed by atoms with van der Waals surface area (Å²) in [7, 11) is 0. The summed E-state index contributed by atoms with van der Waals surface area (Å²) in [6.07, 6.45) is 5.74. The monoisotopic (exact) mass is 305 g/mol. The first kappa shape index (κ1) is 14.9. The van der Waals surface area contributed by atoms with Gasteiger partial charge in [-0.05, 0) is 30.4 Å². The highest BCUT2D eigenvalue weighted by atomic mass is 19.3. The van der Waals surface area contributed by atoms with E-state index in [0.717, 1.165) is 30.4 Å². The number of benzene rings is 1. The molecule has 0 radical (unpaired) electrons. The van der Waals surface area contributed by atoms with Crippen LogP contribution in [0.2, 0.25) is 0 Å². The third-order valence-electron chi connectivity index (χ3n) is 4.05. The molecule has 0 unspecified atom stereocenters. The van der Waals surface area contributed by atoms with Crippen LogP contribution in [0.25, 0.3) is 0 Å². The van der Waals surface area contributed by atoms with Gasteiger partial charge in [0.1, 0.15) is 5.70 Å². The molecule has 5 heteroatoms. The summed E-state index contributed by atoms with van der Waals surface area (Å²) in [6, 6.07) is 5.21. The number of alkyl halides is 2. The highest BCUT2D eigenvalue weighted by molar-refractivity contribution is 6.08. The molecule has 1 aromatic carbocycles. The molecule has 3 nitrogen and oxygen atoms in total. The lowest BCUT2D eigenvalue weighted by Gasteiger charge is -2.24. The van der Waals surface area contributed by atoms with Crippen LogP contribution in [0.3, 0.4) is 0 Å². The Balaban J connectivity index is 1.81. The van der Waals surface area contributed by atoms with Gasteiger partial charge in [0, 0.05) is 18.1 Å². The zero-order chi connectivity index (χ0) is 15.9. The number of hydrogen-bond acceptors (Lipinski definition) is 3. The first-order valence-electron chi connectivity index (χ1n) is 7.26. The summed E-state index contributed by atoms with van der Waals surface area (Å²) in [5.74, 6) is -2.79. The van der Waals surface area contributed by atoms with Crippen molar-refractivity contribution in [3.05, 3.63) is 58.8 Å². The van der Waals surface area contributed by atoms with Crippen molar-refractivity contribution >= 4 is 5.78 Å². The Morgan fingerprint density at radius 1 is 1.23 bits per heavy atom. The predicted octanol–water partition coefficient (Wildman–Crippen LogP) is 3.91. The van der Waals surface area contributed by atoms with E-state index < -0.39 is 5.92 Å². The number of rotatable bonds is 4. The second kappa shape index (κ2) is 5.32. The molecule has 3 rings (SSSR count). The van der Waals surface area contributed by atoms with E-state index in [9.17, 15) is 18.8 Å². The number of carbonyl (C=O) groups is 1. The smallest absolute Gasteiger partial charge is 0.270 e. The Hall–Kier alpha value is -2.01. The van der Waals surface area contributed by atoms with E-state index in [1.165, 1.54) is 24.3 Å². The van der Waals surface area contributed by atoms with Gasteiger partial charge in [0.25, 0.3) is 5.92 Å². The maximum absolute atomic E-state index is 13.2. The molecule has 1 heterocycles. The molecule has 0 spiro atoms. The highest BCUT2D eigenvalue weighted by Crippen LogP contribution is 2.38. The molecule has 1 fully saturated rings. The molecule has 1 N–H and O–H groups in total. The number of ketones is 1. The molecule has 0 amide bonds. The third-order valence-corrected chi connectivity index (χ3v) is 4.05. The number of hydroxylamine groups is 2. The molecular formula is C17H17F2NO2. The topological polar surface area (TPSA) is 40.5 Å². The number of halogens is 2. The van der Waals surface area contributed by atoms with Crippen LogP contribution in [0.1, 0.15) is 35.7 Å². The first-order chi connectivity index (χ1) is 10.4. The minimum atomic E-state index is -2.93. The Bertz CT molecular complexity index is 652. The molecule has 1 aromatic rings. The van der Waals surface area contributed by atoms with Gasteiger partial charge >= 0.3 is 0 Å². The Kier molecular flexibility index (Phi) is 3.60. The summed E-state index contributed by atoms with van der Waals surface area (Å²) in [6.45, 7) is 1.14. The van der Waals surface area contributed by atoms with E-state index in [4.69, 9.17) is 0 Å². The molecular weight excluding hydrogens is 288 g/mol. The molecule has 0 atom stereocenters. The molecule has 1 aliphatic carbocycles. The van der Waals surface area contributed by atoms with Gasteiger partial charge < -0.3 is 0 Å². The van der Waals surface area contributed by atoms with E-state index in [2.05, 4.69) is 0 Å². The van der Waals surface area contributed by atoms with Crippen molar-refractivity contribution in [3.63, 3.8) is 0 Å². The summed E-state index contributed by atoms with van der Waals surface area (Å²) in [5, 5.41) is 11.0. The van der Waals surface area contributed by atoms with Crippen molar-refractivity contribution in [1.82, 2.24) is 5.06 Å². The molecule has 1 saturated carbocycles. The largest absolute Gasteiger partial charge is 0.288 e. The average Bonchev–Trinajstić information content (AvgIpc) is 3.30. The van der Waals surface area contributed by atoms with E-state index >= 15 is 0 Å². The zero-order valence-electron chi connectivity index (χ0n) is 12.2. The third kappa shape index (κ3) is 2.95. The van der Waals surface area contributed by atoms with Gasteiger partial charge in [-0.2, -0.15) is 0 Å². The lowest BCUT2D eigenvalue weighted by molar-refractivity contribution is -0.0465. The van der Waals surface area contributed by atoms with Gasteiger partial charge in [0.2, 0.25) is 5.78 Å². The van der Waals surface area contributed by atoms with Crippen molar-refractivity contribution < 1.29 is 18.8 Å². The molecule has 1 aliphatic heterocycles. The van der Waals surface area contributed by atoms with Crippen LogP contribution >= 0.6 is 0 Å². The zero-order valence-corrected chi connectivity index (χ0v) is 12.2. The number of nitrogens with zero attached hydrogens (tertiary/aromatic N) is 1. The fraction of sp³-hybridized carbons (Fsp3) is 0.353. The number of allylic oxidation sites excluding steroid dienone is 3. The summed E-state index contributed by atoms with van der Waals surface area (Å²) in [5.41, 5.74) is 1.43. The van der Waals surface area contributed by atoms with Crippen LogP contribution in [-0.2, 0) is 5.92 Å². The lowest BCUT2D eigenvalue weighted by Crippen LogP contribution is -2.29. The summed E-state index contributed by atoms with van der Waals surface area (Å²) < 4.78 is 26.4. The maximum atomic E-state index is 13.2. The van der Waals surface area contributed by atoms with Gasteiger partial charge in [0.15, 0.2) is 0 Å². The SMILES string of the molecule is CC(F)(F)c1ccc(C(=O)C2=CC=C(C3CC3)CN2O)cc1. The van der Waals surface area contributed by atoms with E-state index in [1.807, 2.05) is 6.08 Å². The minimum absolute atomic E-state index is 0.140. The predicted molar refractivity (Wildman–Crippen MR) is 77.7 cm³/mol. The minimum Gasteiger partial charge on any atom is -0.288 e. The van der Waals surface area contributed by atoms with Gasteiger partial charge in [-0.25, -0.2) is 13.8 Å². The lowest BCUT2D eigenvalue weighted by atomic mass is 10.0. The Labute approximate surface area is 127 Å². The standard InChI is InChI=1S/C17H17F2NO2/c1-17(18,19)14-7-4-12(5-8-14)16(21)15-9-6-13(10-20(15)22)11-2-3-11/h4-9,11,22H,2-3,10H2,1H3.